The number of rotatable bonds is 3. The first kappa shape index (κ1) is 11.6. The van der Waals surface area contributed by atoms with Crippen molar-refractivity contribution in [3.63, 3.8) is 0 Å². The summed E-state index contributed by atoms with van der Waals surface area (Å²) in [6, 6.07) is 1.87. The van der Waals surface area contributed by atoms with Crippen LogP contribution in [0.3, 0.4) is 0 Å². The number of nitrogens with two attached hydrogens (primary N) is 1. The SMILES string of the molecule is CN1CCCC1Cn1ccc(S(N)(=O)=O)n1. The molecule has 1 aliphatic heterocycles. The number of sulfonamides is 1. The second kappa shape index (κ2) is 4.15. The molecular formula is C9H16N4O2S. The van der Waals surface area contributed by atoms with E-state index in [1.165, 1.54) is 12.5 Å². The summed E-state index contributed by atoms with van der Waals surface area (Å²) >= 11 is 0. The van der Waals surface area contributed by atoms with Crippen molar-refractivity contribution in [2.24, 2.45) is 5.14 Å². The first-order chi connectivity index (χ1) is 7.47. The minimum absolute atomic E-state index is 0.0619. The van der Waals surface area contributed by atoms with Crippen LogP contribution in [-0.4, -0.2) is 42.7 Å². The van der Waals surface area contributed by atoms with Crippen LogP contribution < -0.4 is 5.14 Å². The molecule has 1 aromatic rings. The number of hydrogen-bond acceptors (Lipinski definition) is 4. The summed E-state index contributed by atoms with van der Waals surface area (Å²) in [6.45, 7) is 1.81. The van der Waals surface area contributed by atoms with Crippen LogP contribution in [0.2, 0.25) is 0 Å². The van der Waals surface area contributed by atoms with Gasteiger partial charge in [-0.25, -0.2) is 13.6 Å². The molecule has 2 rings (SSSR count). The lowest BCUT2D eigenvalue weighted by Crippen LogP contribution is -2.29. The summed E-state index contributed by atoms with van der Waals surface area (Å²) in [6.07, 6.45) is 3.97. The van der Waals surface area contributed by atoms with Crippen LogP contribution in [0.5, 0.6) is 0 Å². The molecule has 1 atom stereocenters. The molecule has 2 N–H and O–H groups in total. The van der Waals surface area contributed by atoms with E-state index in [1.807, 2.05) is 0 Å². The van der Waals surface area contributed by atoms with Gasteiger partial charge < -0.3 is 4.90 Å². The van der Waals surface area contributed by atoms with Gasteiger partial charge in [0.1, 0.15) is 0 Å². The first-order valence-corrected chi connectivity index (χ1v) is 6.78. The van der Waals surface area contributed by atoms with Crippen molar-refractivity contribution in [2.75, 3.05) is 13.6 Å². The van der Waals surface area contributed by atoms with Crippen molar-refractivity contribution in [3.05, 3.63) is 12.3 Å². The molecule has 1 saturated heterocycles. The Morgan fingerprint density at radius 2 is 2.38 bits per heavy atom. The van der Waals surface area contributed by atoms with Crippen LogP contribution in [0, 0.1) is 0 Å². The van der Waals surface area contributed by atoms with Gasteiger partial charge in [-0.2, -0.15) is 5.10 Å². The zero-order valence-corrected chi connectivity index (χ0v) is 10.0. The predicted molar refractivity (Wildman–Crippen MR) is 59.3 cm³/mol. The van der Waals surface area contributed by atoms with E-state index in [-0.39, 0.29) is 5.03 Å². The number of nitrogens with zero attached hydrogens (tertiary/aromatic N) is 3. The number of aromatic nitrogens is 2. The molecule has 0 amide bonds. The Kier molecular flexibility index (Phi) is 3.00. The highest BCUT2D eigenvalue weighted by Gasteiger charge is 2.22. The van der Waals surface area contributed by atoms with Gasteiger partial charge in [-0.1, -0.05) is 0 Å². The molecule has 2 heterocycles. The standard InChI is InChI=1S/C9H16N4O2S/c1-12-5-2-3-8(12)7-13-6-4-9(11-13)16(10,14)15/h4,6,8H,2-3,5,7H2,1H3,(H2,10,14,15). The summed E-state index contributed by atoms with van der Waals surface area (Å²) < 4.78 is 23.7. The fourth-order valence-electron chi connectivity index (χ4n) is 2.02. The van der Waals surface area contributed by atoms with E-state index in [4.69, 9.17) is 5.14 Å². The molecule has 1 aromatic heterocycles. The van der Waals surface area contributed by atoms with Crippen LogP contribution >= 0.6 is 0 Å². The second-order valence-corrected chi connectivity index (χ2v) is 5.71. The van der Waals surface area contributed by atoms with Crippen LogP contribution in [0.4, 0.5) is 0 Å². The topological polar surface area (TPSA) is 81.2 Å². The molecule has 1 unspecified atom stereocenters. The summed E-state index contributed by atoms with van der Waals surface area (Å²) in [7, 11) is -1.60. The molecule has 90 valence electrons. The smallest absolute Gasteiger partial charge is 0.257 e. The quantitative estimate of drug-likeness (QED) is 0.786. The third kappa shape index (κ3) is 2.42. The second-order valence-electron chi connectivity index (χ2n) is 4.20. The minimum Gasteiger partial charge on any atom is -0.302 e. The highest BCUT2D eigenvalue weighted by atomic mass is 32.2. The van der Waals surface area contributed by atoms with Crippen molar-refractivity contribution in [3.8, 4) is 0 Å². The van der Waals surface area contributed by atoms with Gasteiger partial charge in [0.05, 0.1) is 6.54 Å². The van der Waals surface area contributed by atoms with Crippen LogP contribution in [0.15, 0.2) is 17.3 Å². The molecule has 0 aliphatic carbocycles. The molecule has 0 aromatic carbocycles. The van der Waals surface area contributed by atoms with Crippen LogP contribution in [0.1, 0.15) is 12.8 Å². The maximum absolute atomic E-state index is 11.0. The first-order valence-electron chi connectivity index (χ1n) is 5.23. The van der Waals surface area contributed by atoms with Gasteiger partial charge >= 0.3 is 0 Å². The molecule has 0 bridgehead atoms. The van der Waals surface area contributed by atoms with Crippen molar-refractivity contribution in [2.45, 2.75) is 30.5 Å². The third-order valence-corrected chi connectivity index (χ3v) is 3.78. The lowest BCUT2D eigenvalue weighted by atomic mass is 10.2. The van der Waals surface area contributed by atoms with Gasteiger partial charge in [0.15, 0.2) is 5.03 Å². The van der Waals surface area contributed by atoms with Crippen molar-refractivity contribution in [1.82, 2.24) is 14.7 Å². The van der Waals surface area contributed by atoms with E-state index < -0.39 is 10.0 Å². The molecule has 16 heavy (non-hydrogen) atoms. The Morgan fingerprint density at radius 1 is 1.62 bits per heavy atom. The third-order valence-electron chi connectivity index (χ3n) is 2.98. The fraction of sp³-hybridized carbons (Fsp3) is 0.667. The number of hydrogen-bond donors (Lipinski definition) is 1. The maximum atomic E-state index is 11.0. The normalized spacial score (nSPS) is 22.8. The average molecular weight is 244 g/mol. The van der Waals surface area contributed by atoms with Crippen molar-refractivity contribution in [1.29, 1.82) is 0 Å². The molecule has 0 radical (unpaired) electrons. The molecule has 7 heteroatoms. The Morgan fingerprint density at radius 3 is 2.88 bits per heavy atom. The van der Waals surface area contributed by atoms with Crippen molar-refractivity contribution >= 4 is 10.0 Å². The molecule has 6 nitrogen and oxygen atoms in total. The zero-order chi connectivity index (χ0) is 11.8. The lowest BCUT2D eigenvalue weighted by Gasteiger charge is -2.18. The highest BCUT2D eigenvalue weighted by Crippen LogP contribution is 2.16. The van der Waals surface area contributed by atoms with Gasteiger partial charge in [-0.3, -0.25) is 4.68 Å². The van der Waals surface area contributed by atoms with E-state index in [2.05, 4.69) is 17.0 Å². The monoisotopic (exact) mass is 244 g/mol. The summed E-state index contributed by atoms with van der Waals surface area (Å²) in [4.78, 5) is 2.26. The molecular weight excluding hydrogens is 228 g/mol. The van der Waals surface area contributed by atoms with E-state index in [9.17, 15) is 8.42 Å². The maximum Gasteiger partial charge on any atom is 0.257 e. The average Bonchev–Trinajstić information content (AvgIpc) is 2.76. The van der Waals surface area contributed by atoms with Gasteiger partial charge in [0.25, 0.3) is 10.0 Å². The predicted octanol–water partition coefficient (Wildman–Crippen LogP) is -0.375. The van der Waals surface area contributed by atoms with E-state index in [1.54, 1.807) is 10.9 Å². The van der Waals surface area contributed by atoms with E-state index in [0.29, 0.717) is 12.6 Å². The molecule has 0 saturated carbocycles. The summed E-state index contributed by atoms with van der Waals surface area (Å²) in [5.41, 5.74) is 0. The molecule has 0 spiro atoms. The summed E-state index contributed by atoms with van der Waals surface area (Å²) in [5.74, 6) is 0. The van der Waals surface area contributed by atoms with Crippen LogP contribution in [-0.2, 0) is 16.6 Å². The zero-order valence-electron chi connectivity index (χ0n) is 9.20. The van der Waals surface area contributed by atoms with Gasteiger partial charge in [0, 0.05) is 12.2 Å². The number of likely N-dealkylation sites (tertiary alicyclic amines) is 1. The van der Waals surface area contributed by atoms with E-state index >= 15 is 0 Å². The lowest BCUT2D eigenvalue weighted by molar-refractivity contribution is 0.273. The van der Waals surface area contributed by atoms with Gasteiger partial charge in [-0.05, 0) is 32.5 Å². The molecule has 1 aliphatic rings. The van der Waals surface area contributed by atoms with Crippen LogP contribution in [0.25, 0.3) is 0 Å². The molecule has 1 fully saturated rings. The fourth-order valence-corrected chi connectivity index (χ4v) is 2.49. The van der Waals surface area contributed by atoms with Crippen molar-refractivity contribution < 1.29 is 8.42 Å². The number of primary sulfonamides is 1. The largest absolute Gasteiger partial charge is 0.302 e. The Hall–Kier alpha value is -0.920. The van der Waals surface area contributed by atoms with E-state index in [0.717, 1.165) is 13.0 Å². The summed E-state index contributed by atoms with van der Waals surface area (Å²) in [5, 5.41) is 8.89. The Balaban J connectivity index is 2.08. The Bertz CT molecular complexity index is 468. The van der Waals surface area contributed by atoms with Gasteiger partial charge in [-0.15, -0.1) is 0 Å². The number of likely N-dealkylation sites (N-methyl/N-ethyl adjacent to an activating group) is 1. The minimum atomic E-state index is -3.67. The Labute approximate surface area is 95.1 Å². The van der Waals surface area contributed by atoms with Gasteiger partial charge in [0.2, 0.25) is 0 Å². The highest BCUT2D eigenvalue weighted by molar-refractivity contribution is 7.89.